The van der Waals surface area contributed by atoms with Crippen LogP contribution in [0.1, 0.15) is 39.0 Å². The van der Waals surface area contributed by atoms with Crippen LogP contribution in [0.25, 0.3) is 0 Å². The van der Waals surface area contributed by atoms with Crippen molar-refractivity contribution in [2.24, 2.45) is 5.92 Å². The van der Waals surface area contributed by atoms with Crippen LogP contribution in [-0.4, -0.2) is 13.2 Å². The Kier molecular flexibility index (Phi) is 4.51. The van der Waals surface area contributed by atoms with Crippen LogP contribution in [0.5, 0.6) is 11.5 Å². The number of halogens is 1. The highest BCUT2D eigenvalue weighted by atomic mass is 19.1. The zero-order valence-corrected chi connectivity index (χ0v) is 11.6. The van der Waals surface area contributed by atoms with E-state index in [0.29, 0.717) is 17.4 Å². The van der Waals surface area contributed by atoms with Gasteiger partial charge in [0.05, 0.1) is 12.8 Å². The lowest BCUT2D eigenvalue weighted by Gasteiger charge is -2.31. The fourth-order valence-corrected chi connectivity index (χ4v) is 2.77. The average molecular weight is 267 g/mol. The fraction of sp³-hybridized carbons (Fsp3) is 0.600. The molecule has 4 heteroatoms. The molecule has 3 nitrogen and oxygen atoms in total. The first-order chi connectivity index (χ1) is 9.15. The highest BCUT2D eigenvalue weighted by Crippen LogP contribution is 2.35. The Bertz CT molecular complexity index is 436. The number of ether oxygens (including phenoxy) is 2. The maximum atomic E-state index is 13.5. The Morgan fingerprint density at radius 3 is 2.68 bits per heavy atom. The van der Waals surface area contributed by atoms with E-state index in [2.05, 4.69) is 6.92 Å². The molecule has 1 aliphatic carbocycles. The third-order valence-electron chi connectivity index (χ3n) is 3.93. The lowest BCUT2D eigenvalue weighted by atomic mass is 9.85. The molecule has 1 aromatic rings. The highest BCUT2D eigenvalue weighted by Gasteiger charge is 2.26. The first-order valence-corrected chi connectivity index (χ1v) is 6.95. The van der Waals surface area contributed by atoms with Gasteiger partial charge in [-0.15, -0.1) is 0 Å². The molecule has 2 N–H and O–H groups in total. The van der Waals surface area contributed by atoms with Crippen molar-refractivity contribution in [3.63, 3.8) is 0 Å². The minimum absolute atomic E-state index is 0.174. The van der Waals surface area contributed by atoms with E-state index >= 15 is 0 Å². The van der Waals surface area contributed by atoms with Gasteiger partial charge >= 0.3 is 0 Å². The first-order valence-electron chi connectivity index (χ1n) is 6.95. The Morgan fingerprint density at radius 2 is 2.00 bits per heavy atom. The molecule has 106 valence electrons. The largest absolute Gasteiger partial charge is 0.494 e. The zero-order chi connectivity index (χ0) is 13.8. The molecule has 1 aliphatic rings. The van der Waals surface area contributed by atoms with Crippen LogP contribution in [0.3, 0.4) is 0 Å². The zero-order valence-electron chi connectivity index (χ0n) is 11.6. The Morgan fingerprint density at radius 1 is 1.26 bits per heavy atom. The molecule has 2 rings (SSSR count). The van der Waals surface area contributed by atoms with Crippen molar-refractivity contribution < 1.29 is 13.9 Å². The molecule has 0 aliphatic heterocycles. The van der Waals surface area contributed by atoms with Gasteiger partial charge in [-0.1, -0.05) is 13.3 Å². The minimum atomic E-state index is -0.456. The van der Waals surface area contributed by atoms with Gasteiger partial charge in [0.25, 0.3) is 0 Å². The van der Waals surface area contributed by atoms with Crippen LogP contribution in [0, 0.1) is 11.7 Å². The van der Waals surface area contributed by atoms with Crippen LogP contribution in [0.4, 0.5) is 10.1 Å². The predicted octanol–water partition coefficient (Wildman–Crippen LogP) is 3.76. The van der Waals surface area contributed by atoms with Crippen molar-refractivity contribution >= 4 is 5.69 Å². The summed E-state index contributed by atoms with van der Waals surface area (Å²) in [6.45, 7) is 2.18. The Labute approximate surface area is 113 Å². The predicted molar refractivity (Wildman–Crippen MR) is 74.0 cm³/mol. The number of nitrogens with two attached hydrogens (primary N) is 1. The SMILES string of the molecule is CCC1CCCCC1Oc1cc(OC)c(F)cc1N. The number of anilines is 1. The van der Waals surface area contributed by atoms with Gasteiger partial charge in [0.15, 0.2) is 11.6 Å². The van der Waals surface area contributed by atoms with E-state index in [1.165, 1.54) is 32.4 Å². The molecule has 0 spiro atoms. The Hall–Kier alpha value is -1.45. The van der Waals surface area contributed by atoms with Gasteiger partial charge in [-0.25, -0.2) is 4.39 Å². The molecule has 1 fully saturated rings. The molecule has 0 amide bonds. The molecular weight excluding hydrogens is 245 g/mol. The summed E-state index contributed by atoms with van der Waals surface area (Å²) in [5.74, 6) is 0.809. The second-order valence-corrected chi connectivity index (χ2v) is 5.13. The third-order valence-corrected chi connectivity index (χ3v) is 3.93. The van der Waals surface area contributed by atoms with Crippen LogP contribution in [0.2, 0.25) is 0 Å². The molecule has 19 heavy (non-hydrogen) atoms. The Balaban J connectivity index is 2.17. The summed E-state index contributed by atoms with van der Waals surface area (Å²) >= 11 is 0. The molecule has 1 aromatic carbocycles. The van der Waals surface area contributed by atoms with E-state index < -0.39 is 5.82 Å². The summed E-state index contributed by atoms with van der Waals surface area (Å²) in [4.78, 5) is 0. The topological polar surface area (TPSA) is 44.5 Å². The number of hydrogen-bond donors (Lipinski definition) is 1. The second-order valence-electron chi connectivity index (χ2n) is 5.13. The number of nitrogen functional groups attached to an aromatic ring is 1. The normalized spacial score (nSPS) is 23.1. The number of hydrogen-bond acceptors (Lipinski definition) is 3. The van der Waals surface area contributed by atoms with E-state index in [-0.39, 0.29) is 11.9 Å². The summed E-state index contributed by atoms with van der Waals surface area (Å²) in [6, 6.07) is 2.81. The monoisotopic (exact) mass is 267 g/mol. The van der Waals surface area contributed by atoms with E-state index in [1.807, 2.05) is 0 Å². The molecule has 0 heterocycles. The summed E-state index contributed by atoms with van der Waals surface area (Å²) in [6.07, 6.45) is 5.95. The van der Waals surface area contributed by atoms with Gasteiger partial charge < -0.3 is 15.2 Å². The fourth-order valence-electron chi connectivity index (χ4n) is 2.77. The van der Waals surface area contributed by atoms with Gasteiger partial charge in [-0.3, -0.25) is 0 Å². The van der Waals surface area contributed by atoms with Crippen molar-refractivity contribution in [3.05, 3.63) is 17.9 Å². The van der Waals surface area contributed by atoms with Gasteiger partial charge in [0, 0.05) is 12.1 Å². The van der Waals surface area contributed by atoms with Gasteiger partial charge in [-0.05, 0) is 31.6 Å². The summed E-state index contributed by atoms with van der Waals surface area (Å²) in [7, 11) is 1.44. The number of benzene rings is 1. The third kappa shape index (κ3) is 3.11. The smallest absolute Gasteiger partial charge is 0.167 e. The molecule has 2 atom stereocenters. The van der Waals surface area contributed by atoms with Crippen LogP contribution >= 0.6 is 0 Å². The summed E-state index contributed by atoms with van der Waals surface area (Å²) < 4.78 is 24.5. The van der Waals surface area contributed by atoms with Gasteiger partial charge in [0.1, 0.15) is 11.9 Å². The van der Waals surface area contributed by atoms with E-state index in [1.54, 1.807) is 6.07 Å². The minimum Gasteiger partial charge on any atom is -0.494 e. The molecule has 1 saturated carbocycles. The van der Waals surface area contributed by atoms with Crippen molar-refractivity contribution in [2.75, 3.05) is 12.8 Å². The van der Waals surface area contributed by atoms with Gasteiger partial charge in [-0.2, -0.15) is 0 Å². The van der Waals surface area contributed by atoms with Crippen LogP contribution < -0.4 is 15.2 Å². The second kappa shape index (κ2) is 6.13. The standard InChI is InChI=1S/C15H22FNO2/c1-3-10-6-4-5-7-13(10)19-15-9-14(18-2)11(16)8-12(15)17/h8-10,13H,3-7,17H2,1-2H3. The molecule has 0 aromatic heterocycles. The van der Waals surface area contributed by atoms with E-state index in [9.17, 15) is 4.39 Å². The lowest BCUT2D eigenvalue weighted by molar-refractivity contribution is 0.0907. The van der Waals surface area contributed by atoms with Crippen molar-refractivity contribution in [3.8, 4) is 11.5 Å². The highest BCUT2D eigenvalue weighted by molar-refractivity contribution is 5.56. The van der Waals surface area contributed by atoms with Crippen molar-refractivity contribution in [2.45, 2.75) is 45.1 Å². The summed E-state index contributed by atoms with van der Waals surface area (Å²) in [5, 5.41) is 0. The number of rotatable bonds is 4. The molecule has 0 saturated heterocycles. The first kappa shape index (κ1) is 14.0. The van der Waals surface area contributed by atoms with Crippen LogP contribution in [0.15, 0.2) is 12.1 Å². The average Bonchev–Trinajstić information content (AvgIpc) is 2.42. The molecule has 0 bridgehead atoms. The molecule has 0 radical (unpaired) electrons. The van der Waals surface area contributed by atoms with Crippen LogP contribution in [-0.2, 0) is 0 Å². The summed E-state index contributed by atoms with van der Waals surface area (Å²) in [5.41, 5.74) is 6.16. The quantitative estimate of drug-likeness (QED) is 0.845. The lowest BCUT2D eigenvalue weighted by Crippen LogP contribution is -2.30. The molecule has 2 unspecified atom stereocenters. The number of methoxy groups -OCH3 is 1. The maximum Gasteiger partial charge on any atom is 0.167 e. The van der Waals surface area contributed by atoms with Crippen molar-refractivity contribution in [1.82, 2.24) is 0 Å². The van der Waals surface area contributed by atoms with Gasteiger partial charge in [0.2, 0.25) is 0 Å². The van der Waals surface area contributed by atoms with E-state index in [4.69, 9.17) is 15.2 Å². The van der Waals surface area contributed by atoms with Crippen molar-refractivity contribution in [1.29, 1.82) is 0 Å². The van der Waals surface area contributed by atoms with E-state index in [0.717, 1.165) is 12.8 Å². The maximum absolute atomic E-state index is 13.5. The molecular formula is C15H22FNO2.